The maximum Gasteiger partial charge on any atom is 0.0952 e. The Bertz CT molecular complexity index is 482. The molecule has 2 bridgehead atoms. The second-order valence-electron chi connectivity index (χ2n) is 6.68. The van der Waals surface area contributed by atoms with Crippen molar-refractivity contribution < 1.29 is 5.11 Å². The van der Waals surface area contributed by atoms with E-state index in [1.54, 1.807) is 0 Å². The predicted molar refractivity (Wildman–Crippen MR) is 76.1 cm³/mol. The first-order chi connectivity index (χ1) is 9.27. The monoisotopic (exact) mass is 257 g/mol. The van der Waals surface area contributed by atoms with E-state index in [0.29, 0.717) is 11.8 Å². The van der Waals surface area contributed by atoms with Gasteiger partial charge in [0.25, 0.3) is 0 Å². The quantitative estimate of drug-likeness (QED) is 0.880. The summed E-state index contributed by atoms with van der Waals surface area (Å²) in [5.74, 6) is 1.15. The van der Waals surface area contributed by atoms with Crippen LogP contribution in [0.1, 0.15) is 49.1 Å². The first-order valence-corrected chi connectivity index (χ1v) is 7.81. The van der Waals surface area contributed by atoms with E-state index in [4.69, 9.17) is 0 Å². The normalized spacial score (nSPS) is 38.2. The molecule has 1 aromatic rings. The summed E-state index contributed by atoms with van der Waals surface area (Å²) in [6.45, 7) is 3.33. The van der Waals surface area contributed by atoms with Crippen LogP contribution in [0.5, 0.6) is 0 Å². The number of nitrogens with zero attached hydrogens (tertiary/aromatic N) is 1. The first-order valence-electron chi connectivity index (χ1n) is 7.81. The largest absolute Gasteiger partial charge is 0.385 e. The van der Waals surface area contributed by atoms with Crippen molar-refractivity contribution in [3.05, 3.63) is 35.4 Å². The highest BCUT2D eigenvalue weighted by atomic mass is 16.3. The van der Waals surface area contributed by atoms with Gasteiger partial charge in [-0.1, -0.05) is 30.7 Å². The minimum absolute atomic E-state index is 0.447. The van der Waals surface area contributed by atoms with Gasteiger partial charge in [0.2, 0.25) is 0 Å². The summed E-state index contributed by atoms with van der Waals surface area (Å²) < 4.78 is 0. The highest BCUT2D eigenvalue weighted by Crippen LogP contribution is 2.47. The summed E-state index contributed by atoms with van der Waals surface area (Å²) in [6.07, 6.45) is 6.05. The zero-order valence-corrected chi connectivity index (χ0v) is 11.5. The highest BCUT2D eigenvalue weighted by molar-refractivity contribution is 5.37. The molecule has 2 heterocycles. The highest BCUT2D eigenvalue weighted by Gasteiger charge is 2.47. The van der Waals surface area contributed by atoms with Crippen LogP contribution in [0.3, 0.4) is 0 Å². The van der Waals surface area contributed by atoms with Crippen molar-refractivity contribution in [3.8, 4) is 0 Å². The van der Waals surface area contributed by atoms with Crippen LogP contribution < -0.4 is 0 Å². The third kappa shape index (κ3) is 1.77. The Morgan fingerprint density at radius 3 is 2.74 bits per heavy atom. The van der Waals surface area contributed by atoms with Crippen molar-refractivity contribution >= 4 is 0 Å². The Morgan fingerprint density at radius 2 is 1.95 bits per heavy atom. The van der Waals surface area contributed by atoms with E-state index < -0.39 is 5.60 Å². The lowest BCUT2D eigenvalue weighted by atomic mass is 9.70. The molecule has 4 rings (SSSR count). The van der Waals surface area contributed by atoms with Gasteiger partial charge in [-0.25, -0.2) is 0 Å². The van der Waals surface area contributed by atoms with Crippen LogP contribution in [0.25, 0.3) is 0 Å². The fourth-order valence-corrected chi connectivity index (χ4v) is 4.28. The zero-order chi connectivity index (χ0) is 12.9. The molecule has 1 N–H and O–H groups in total. The number of fused-ring (bicyclic) bond motifs is 2. The Hall–Kier alpha value is -0.860. The fraction of sp³-hybridized carbons (Fsp3) is 0.647. The van der Waals surface area contributed by atoms with Gasteiger partial charge in [-0.2, -0.15) is 0 Å². The van der Waals surface area contributed by atoms with Gasteiger partial charge in [-0.3, -0.25) is 0 Å². The van der Waals surface area contributed by atoms with E-state index in [-0.39, 0.29) is 0 Å². The van der Waals surface area contributed by atoms with Crippen LogP contribution in [-0.4, -0.2) is 29.6 Å². The van der Waals surface area contributed by atoms with Gasteiger partial charge in [-0.05, 0) is 49.3 Å². The van der Waals surface area contributed by atoms with E-state index >= 15 is 0 Å². The van der Waals surface area contributed by atoms with Crippen molar-refractivity contribution in [1.29, 1.82) is 0 Å². The van der Waals surface area contributed by atoms with Crippen LogP contribution in [0, 0.1) is 5.92 Å². The van der Waals surface area contributed by atoms with Crippen LogP contribution in [-0.2, 0) is 5.60 Å². The molecule has 2 aliphatic heterocycles. The topological polar surface area (TPSA) is 23.5 Å². The second-order valence-corrected chi connectivity index (χ2v) is 6.68. The molecule has 19 heavy (non-hydrogen) atoms. The summed E-state index contributed by atoms with van der Waals surface area (Å²) in [5, 5.41) is 11.4. The Kier molecular flexibility index (Phi) is 2.71. The number of piperidine rings is 1. The van der Waals surface area contributed by atoms with Crippen molar-refractivity contribution in [2.45, 2.75) is 43.6 Å². The molecule has 3 unspecified atom stereocenters. The van der Waals surface area contributed by atoms with E-state index in [2.05, 4.69) is 29.2 Å². The van der Waals surface area contributed by atoms with Gasteiger partial charge in [0.05, 0.1) is 5.60 Å². The summed E-state index contributed by atoms with van der Waals surface area (Å²) in [5.41, 5.74) is 2.14. The molecule has 1 aliphatic carbocycles. The predicted octanol–water partition coefficient (Wildman–Crippen LogP) is 2.87. The lowest BCUT2D eigenvalue weighted by Gasteiger charge is -2.42. The molecule has 0 aromatic heterocycles. The average molecular weight is 257 g/mol. The van der Waals surface area contributed by atoms with Gasteiger partial charge in [0.1, 0.15) is 0 Å². The summed E-state index contributed by atoms with van der Waals surface area (Å²) in [6, 6.07) is 8.71. The Balaban J connectivity index is 1.74. The maximum absolute atomic E-state index is 11.4. The van der Waals surface area contributed by atoms with Crippen molar-refractivity contribution in [1.82, 2.24) is 4.90 Å². The third-order valence-electron chi connectivity index (χ3n) is 5.73. The van der Waals surface area contributed by atoms with Gasteiger partial charge in [0.15, 0.2) is 0 Å². The molecule has 3 aliphatic rings. The Labute approximate surface area is 115 Å². The minimum atomic E-state index is -0.556. The van der Waals surface area contributed by atoms with Crippen molar-refractivity contribution in [2.24, 2.45) is 5.92 Å². The van der Waals surface area contributed by atoms with Gasteiger partial charge < -0.3 is 10.0 Å². The molecule has 0 radical (unpaired) electrons. The third-order valence-corrected chi connectivity index (χ3v) is 5.73. The first kappa shape index (κ1) is 11.9. The number of rotatable bonds is 2. The van der Waals surface area contributed by atoms with E-state index in [1.807, 2.05) is 0 Å². The molecule has 0 spiro atoms. The Morgan fingerprint density at radius 1 is 1.11 bits per heavy atom. The van der Waals surface area contributed by atoms with Crippen LogP contribution >= 0.6 is 0 Å². The summed E-state index contributed by atoms with van der Waals surface area (Å²) in [4.78, 5) is 2.51. The molecule has 3 atom stereocenters. The van der Waals surface area contributed by atoms with Gasteiger partial charge in [0, 0.05) is 19.0 Å². The smallest absolute Gasteiger partial charge is 0.0952 e. The number of hydrogen-bond donors (Lipinski definition) is 1. The minimum Gasteiger partial charge on any atom is -0.385 e. The standard InChI is InChI=1S/C17H23NO/c19-17(9-11-18-10-8-14(17)12-18)16-7-2-1-6-15(16)13-4-3-5-13/h1-2,6-7,13-14,19H,3-5,8-12H2. The van der Waals surface area contributed by atoms with E-state index in [9.17, 15) is 5.11 Å². The van der Waals surface area contributed by atoms with Crippen molar-refractivity contribution in [2.75, 3.05) is 19.6 Å². The number of hydrogen-bond acceptors (Lipinski definition) is 2. The lowest BCUT2D eigenvalue weighted by molar-refractivity contribution is -0.0513. The van der Waals surface area contributed by atoms with Crippen LogP contribution in [0.4, 0.5) is 0 Å². The van der Waals surface area contributed by atoms with Gasteiger partial charge >= 0.3 is 0 Å². The lowest BCUT2D eigenvalue weighted by Crippen LogP contribution is -2.44. The molecule has 2 nitrogen and oxygen atoms in total. The fourth-order valence-electron chi connectivity index (χ4n) is 4.28. The molecular formula is C17H23NO. The van der Waals surface area contributed by atoms with Gasteiger partial charge in [-0.15, -0.1) is 0 Å². The molecule has 3 fully saturated rings. The molecule has 2 saturated heterocycles. The molecule has 1 saturated carbocycles. The molecule has 102 valence electrons. The van der Waals surface area contributed by atoms with E-state index in [0.717, 1.165) is 25.9 Å². The van der Waals surface area contributed by atoms with E-state index in [1.165, 1.54) is 36.9 Å². The maximum atomic E-state index is 11.4. The SMILES string of the molecule is OC1(c2ccccc2C2CCC2)CCN2CCC1C2. The zero-order valence-electron chi connectivity index (χ0n) is 11.5. The number of aliphatic hydroxyl groups is 1. The summed E-state index contributed by atoms with van der Waals surface area (Å²) in [7, 11) is 0. The van der Waals surface area contributed by atoms with Crippen LogP contribution in [0.2, 0.25) is 0 Å². The van der Waals surface area contributed by atoms with Crippen LogP contribution in [0.15, 0.2) is 24.3 Å². The second kappa shape index (κ2) is 4.32. The molecular weight excluding hydrogens is 234 g/mol. The molecule has 2 heteroatoms. The molecule has 1 aromatic carbocycles. The van der Waals surface area contributed by atoms with Crippen molar-refractivity contribution in [3.63, 3.8) is 0 Å². The average Bonchev–Trinajstić information content (AvgIpc) is 2.78. The number of benzene rings is 1. The molecule has 0 amide bonds. The summed E-state index contributed by atoms with van der Waals surface area (Å²) >= 11 is 0.